The van der Waals surface area contributed by atoms with Gasteiger partial charge >= 0.3 is 0 Å². The summed E-state index contributed by atoms with van der Waals surface area (Å²) in [4.78, 5) is 4.12. The minimum atomic E-state index is -1.82. The van der Waals surface area contributed by atoms with Gasteiger partial charge in [0.25, 0.3) is 0 Å². The smallest absolute Gasteiger partial charge is 0.187 e. The lowest BCUT2D eigenvalue weighted by Gasteiger charge is -2.48. The third-order valence-electron chi connectivity index (χ3n) is 5.93. The van der Waals surface area contributed by atoms with Crippen LogP contribution < -0.4 is 5.11 Å². The van der Waals surface area contributed by atoms with Gasteiger partial charge in [-0.15, -0.1) is 0 Å². The zero-order chi connectivity index (χ0) is 24.6. The van der Waals surface area contributed by atoms with Crippen molar-refractivity contribution in [2.75, 3.05) is 13.2 Å². The number of fused-ring (bicyclic) bond motifs is 1. The first-order valence-electron chi connectivity index (χ1n) is 10.6. The number of aliphatic hydroxyl groups excluding tert-OH is 7. The number of ether oxygens (including phenoxy) is 4. The van der Waals surface area contributed by atoms with Crippen molar-refractivity contribution >= 4 is 17.5 Å². The number of allylic oxidation sites excluding steroid dienone is 1. The Bertz CT molecular complexity index is 923. The van der Waals surface area contributed by atoms with Gasteiger partial charge in [-0.25, -0.2) is 0 Å². The molecule has 3 heterocycles. The minimum Gasteiger partial charge on any atom is -0.583 e. The van der Waals surface area contributed by atoms with Gasteiger partial charge < -0.3 is 59.8 Å². The number of para-hydroxylation sites is 1. The van der Waals surface area contributed by atoms with Crippen molar-refractivity contribution in [3.8, 4) is 0 Å². The highest BCUT2D eigenvalue weighted by Gasteiger charge is 2.50. The fourth-order valence-corrected chi connectivity index (χ4v) is 3.98. The van der Waals surface area contributed by atoms with Gasteiger partial charge in [-0.05, 0) is 6.07 Å². The van der Waals surface area contributed by atoms with E-state index in [0.29, 0.717) is 11.3 Å². The van der Waals surface area contributed by atoms with Gasteiger partial charge in [0.1, 0.15) is 55.1 Å². The lowest BCUT2D eigenvalue weighted by atomic mass is 9.97. The summed E-state index contributed by atoms with van der Waals surface area (Å²) in [7, 11) is 0. The van der Waals surface area contributed by atoms with Gasteiger partial charge in [0.05, 0.1) is 24.8 Å². The maximum atomic E-state index is 12.9. The molecule has 13 nitrogen and oxygen atoms in total. The van der Waals surface area contributed by atoms with E-state index in [-0.39, 0.29) is 5.57 Å². The standard InChI is InChI=1S/C21H27NO12/c23-6-11-13(25)15(27)17(29)20(31-11)33-18-16(28)14(26)12(7-24)32-21(18)34-19(30)9-5-22-10-4-2-1-3-8(9)10/h1-5,11-18,20-21,23-30H,6-7H2/p-1/t11-,12-,13-,14-,15+,16+,17-,18-,20+,21+/m1/s1. The van der Waals surface area contributed by atoms with E-state index in [4.69, 9.17) is 18.9 Å². The number of aliphatic hydroxyl groups is 7. The molecule has 0 bridgehead atoms. The average molecular weight is 484 g/mol. The van der Waals surface area contributed by atoms with Crippen molar-refractivity contribution < 1.29 is 59.8 Å². The molecule has 10 atom stereocenters. The number of nitrogens with zero attached hydrogens (tertiary/aromatic N) is 1. The van der Waals surface area contributed by atoms with Crippen LogP contribution in [-0.4, -0.2) is 117 Å². The molecule has 3 aliphatic heterocycles. The van der Waals surface area contributed by atoms with Crippen LogP contribution in [0.2, 0.25) is 0 Å². The van der Waals surface area contributed by atoms with Crippen LogP contribution in [0.1, 0.15) is 5.56 Å². The Balaban J connectivity index is 1.59. The van der Waals surface area contributed by atoms with E-state index in [1.165, 1.54) is 6.21 Å². The largest absolute Gasteiger partial charge is 0.583 e. The molecule has 3 aliphatic rings. The molecular weight excluding hydrogens is 458 g/mol. The first-order valence-corrected chi connectivity index (χ1v) is 10.6. The minimum absolute atomic E-state index is 0.0898. The predicted molar refractivity (Wildman–Crippen MR) is 109 cm³/mol. The van der Waals surface area contributed by atoms with Crippen LogP contribution in [0.4, 0.5) is 5.69 Å². The van der Waals surface area contributed by atoms with Gasteiger partial charge in [0.2, 0.25) is 0 Å². The average Bonchev–Trinajstić information content (AvgIpc) is 3.28. The molecule has 188 valence electrons. The zero-order valence-corrected chi connectivity index (χ0v) is 17.7. The van der Waals surface area contributed by atoms with Gasteiger partial charge in [-0.1, -0.05) is 18.2 Å². The SMILES string of the molecule is [O-]C(O[C@@H]1O[C@H](CO)[C@@H](O)[C@H](O)[C@H]1O[C@@H]1O[C@H](CO)[C@@H](O)[C@H](O)[C@H]1O)=C1C=Nc2ccccc21. The number of hydrogen-bond donors (Lipinski definition) is 7. The molecule has 7 N–H and O–H groups in total. The summed E-state index contributed by atoms with van der Waals surface area (Å²) in [5.41, 5.74) is 1.12. The fraction of sp³-hybridized carbons (Fsp3) is 0.571. The van der Waals surface area contributed by atoms with Crippen LogP contribution in [0.3, 0.4) is 0 Å². The first kappa shape index (κ1) is 24.9. The Morgan fingerprint density at radius 2 is 1.47 bits per heavy atom. The predicted octanol–water partition coefficient (Wildman–Crippen LogP) is -3.93. The molecule has 2 fully saturated rings. The third kappa shape index (κ3) is 4.55. The summed E-state index contributed by atoms with van der Waals surface area (Å²) in [6.45, 7) is -1.45. The van der Waals surface area contributed by atoms with E-state index in [2.05, 4.69) is 4.99 Å². The zero-order valence-electron chi connectivity index (χ0n) is 17.7. The monoisotopic (exact) mass is 484 g/mol. The number of aliphatic imine (C=N–C) groups is 1. The van der Waals surface area contributed by atoms with Gasteiger partial charge in [-0.3, -0.25) is 4.99 Å². The highest BCUT2D eigenvalue weighted by atomic mass is 16.8. The van der Waals surface area contributed by atoms with Crippen LogP contribution in [0.25, 0.3) is 5.57 Å². The lowest BCUT2D eigenvalue weighted by Crippen LogP contribution is -2.64. The molecule has 0 saturated carbocycles. The van der Waals surface area contributed by atoms with E-state index in [0.717, 1.165) is 0 Å². The molecule has 13 heteroatoms. The van der Waals surface area contributed by atoms with Crippen LogP contribution in [0.15, 0.2) is 35.2 Å². The highest BCUT2D eigenvalue weighted by molar-refractivity contribution is 6.16. The van der Waals surface area contributed by atoms with E-state index in [9.17, 15) is 40.9 Å². The molecule has 0 unspecified atom stereocenters. The Hall–Kier alpha value is -2.17. The van der Waals surface area contributed by atoms with Gasteiger partial charge in [-0.2, -0.15) is 0 Å². The normalized spacial score (nSPS) is 41.3. The molecule has 4 rings (SSSR count). The maximum absolute atomic E-state index is 12.9. The van der Waals surface area contributed by atoms with Crippen LogP contribution >= 0.6 is 0 Å². The van der Waals surface area contributed by atoms with Crippen LogP contribution in [0.5, 0.6) is 0 Å². The van der Waals surface area contributed by atoms with Crippen molar-refractivity contribution in [3.05, 3.63) is 35.8 Å². The summed E-state index contributed by atoms with van der Waals surface area (Å²) in [5.74, 6) is -0.901. The molecule has 2 saturated heterocycles. The number of benzene rings is 1. The Morgan fingerprint density at radius 1 is 0.853 bits per heavy atom. The van der Waals surface area contributed by atoms with Gasteiger partial charge in [0.15, 0.2) is 6.29 Å². The molecular formula is C21H26NO12-. The van der Waals surface area contributed by atoms with Crippen molar-refractivity contribution in [3.63, 3.8) is 0 Å². The molecule has 0 amide bonds. The molecule has 0 radical (unpaired) electrons. The van der Waals surface area contributed by atoms with Crippen molar-refractivity contribution in [2.45, 2.75) is 61.4 Å². The second-order valence-corrected chi connectivity index (χ2v) is 8.10. The topological polar surface area (TPSA) is 214 Å². The van der Waals surface area contributed by atoms with E-state index < -0.39 is 80.6 Å². The molecule has 0 aromatic heterocycles. The second-order valence-electron chi connectivity index (χ2n) is 8.10. The molecule has 1 aromatic rings. The highest BCUT2D eigenvalue weighted by Crippen LogP contribution is 2.34. The van der Waals surface area contributed by atoms with Crippen molar-refractivity contribution in [2.24, 2.45) is 4.99 Å². The molecule has 34 heavy (non-hydrogen) atoms. The Kier molecular flexibility index (Phi) is 7.49. The number of hydrogen-bond acceptors (Lipinski definition) is 13. The third-order valence-corrected chi connectivity index (χ3v) is 5.93. The number of rotatable bonds is 6. The van der Waals surface area contributed by atoms with Crippen molar-refractivity contribution in [1.82, 2.24) is 0 Å². The summed E-state index contributed by atoms with van der Waals surface area (Å²) in [6, 6.07) is 6.78. The van der Waals surface area contributed by atoms with Gasteiger partial charge in [0, 0.05) is 17.4 Å². The van der Waals surface area contributed by atoms with E-state index in [1.807, 2.05) is 0 Å². The summed E-state index contributed by atoms with van der Waals surface area (Å²) < 4.78 is 21.6. The Morgan fingerprint density at radius 3 is 2.15 bits per heavy atom. The fourth-order valence-electron chi connectivity index (χ4n) is 3.98. The van der Waals surface area contributed by atoms with Crippen LogP contribution in [0, 0.1) is 0 Å². The van der Waals surface area contributed by atoms with E-state index in [1.54, 1.807) is 24.3 Å². The van der Waals surface area contributed by atoms with Crippen LogP contribution in [-0.2, 0) is 18.9 Å². The first-order chi connectivity index (χ1) is 16.3. The summed E-state index contributed by atoms with van der Waals surface area (Å²) >= 11 is 0. The maximum Gasteiger partial charge on any atom is 0.187 e. The molecule has 0 spiro atoms. The van der Waals surface area contributed by atoms with E-state index >= 15 is 0 Å². The second kappa shape index (κ2) is 10.2. The van der Waals surface area contributed by atoms with Crippen molar-refractivity contribution in [1.29, 1.82) is 0 Å². The summed E-state index contributed by atoms with van der Waals surface area (Å²) in [5, 5.41) is 82.8. The lowest BCUT2D eigenvalue weighted by molar-refractivity contribution is -0.410. The summed E-state index contributed by atoms with van der Waals surface area (Å²) in [6.07, 6.45) is -15.1. The Labute approximate surface area is 193 Å². The molecule has 1 aromatic carbocycles. The molecule has 0 aliphatic carbocycles. The quantitative estimate of drug-likeness (QED) is 0.193.